The van der Waals surface area contributed by atoms with Crippen LogP contribution in [0.25, 0.3) is 0 Å². The molecule has 2 heteroatoms. The molecule has 1 saturated carbocycles. The van der Waals surface area contributed by atoms with Gasteiger partial charge < -0.3 is 10.6 Å². The van der Waals surface area contributed by atoms with Gasteiger partial charge in [-0.1, -0.05) is 25.7 Å². The molecule has 2 atom stereocenters. The van der Waals surface area contributed by atoms with Crippen LogP contribution < -0.4 is 5.73 Å². The van der Waals surface area contributed by atoms with Gasteiger partial charge in [0.25, 0.3) is 0 Å². The molecule has 1 heterocycles. The molecule has 2 fully saturated rings. The fourth-order valence-electron chi connectivity index (χ4n) is 3.38. The first-order valence-corrected chi connectivity index (χ1v) is 6.86. The molecule has 2 nitrogen and oxygen atoms in total. The molecule has 2 N–H and O–H groups in total. The summed E-state index contributed by atoms with van der Waals surface area (Å²) in [7, 11) is 0. The van der Waals surface area contributed by atoms with Crippen molar-refractivity contribution in [2.24, 2.45) is 11.7 Å². The van der Waals surface area contributed by atoms with E-state index in [4.69, 9.17) is 5.73 Å². The molecule has 1 saturated heterocycles. The highest BCUT2D eigenvalue weighted by atomic mass is 15.2. The minimum atomic E-state index is 0.796. The molecule has 15 heavy (non-hydrogen) atoms. The average Bonchev–Trinajstić information content (AvgIpc) is 2.65. The number of nitrogens with zero attached hydrogens (tertiary/aromatic N) is 1. The molecule has 0 radical (unpaired) electrons. The summed E-state index contributed by atoms with van der Waals surface area (Å²) < 4.78 is 0. The fourth-order valence-corrected chi connectivity index (χ4v) is 3.38. The van der Waals surface area contributed by atoms with Crippen LogP contribution in [-0.4, -0.2) is 30.6 Å². The first kappa shape index (κ1) is 11.4. The van der Waals surface area contributed by atoms with E-state index < -0.39 is 0 Å². The summed E-state index contributed by atoms with van der Waals surface area (Å²) in [5.74, 6) is 0.796. The molecule has 1 aliphatic carbocycles. The highest BCUT2D eigenvalue weighted by Crippen LogP contribution is 2.30. The maximum atomic E-state index is 5.87. The van der Waals surface area contributed by atoms with Crippen LogP contribution in [0.3, 0.4) is 0 Å². The molecule has 0 aromatic rings. The smallest absolute Gasteiger partial charge is 0.0135 e. The Morgan fingerprint density at radius 2 is 1.53 bits per heavy atom. The van der Waals surface area contributed by atoms with Crippen LogP contribution in [0.4, 0.5) is 0 Å². The van der Waals surface area contributed by atoms with E-state index in [2.05, 4.69) is 4.90 Å². The number of hydrogen-bond acceptors (Lipinski definition) is 2. The average molecular weight is 210 g/mol. The summed E-state index contributed by atoms with van der Waals surface area (Å²) in [4.78, 5) is 2.75. The van der Waals surface area contributed by atoms with Crippen molar-refractivity contribution in [1.82, 2.24) is 4.90 Å². The third-order valence-electron chi connectivity index (χ3n) is 4.28. The van der Waals surface area contributed by atoms with Gasteiger partial charge in [0.05, 0.1) is 0 Å². The minimum Gasteiger partial charge on any atom is -0.330 e. The molecule has 0 amide bonds. The topological polar surface area (TPSA) is 29.3 Å². The lowest BCUT2D eigenvalue weighted by molar-refractivity contribution is 0.148. The van der Waals surface area contributed by atoms with Gasteiger partial charge in [-0.2, -0.15) is 0 Å². The van der Waals surface area contributed by atoms with Crippen molar-refractivity contribution in [2.45, 2.75) is 57.4 Å². The van der Waals surface area contributed by atoms with Crippen molar-refractivity contribution in [3.05, 3.63) is 0 Å². The zero-order chi connectivity index (χ0) is 10.5. The third-order valence-corrected chi connectivity index (χ3v) is 4.28. The number of rotatable bonds is 2. The Hall–Kier alpha value is -0.0800. The molecule has 0 aromatic heterocycles. The molecular formula is C13H26N2. The van der Waals surface area contributed by atoms with Crippen molar-refractivity contribution in [3.63, 3.8) is 0 Å². The second-order valence-electron chi connectivity index (χ2n) is 5.30. The second-order valence-corrected chi connectivity index (χ2v) is 5.30. The van der Waals surface area contributed by atoms with Crippen LogP contribution >= 0.6 is 0 Å². The van der Waals surface area contributed by atoms with E-state index in [1.54, 1.807) is 0 Å². The number of hydrogen-bond donors (Lipinski definition) is 1. The Bertz CT molecular complexity index is 173. The Labute approximate surface area is 94.2 Å². The molecule has 0 aromatic carbocycles. The molecular weight excluding hydrogens is 184 g/mol. The summed E-state index contributed by atoms with van der Waals surface area (Å²) in [6.07, 6.45) is 11.3. The van der Waals surface area contributed by atoms with Crippen LogP contribution in [0.5, 0.6) is 0 Å². The maximum Gasteiger partial charge on any atom is 0.0135 e. The van der Waals surface area contributed by atoms with Gasteiger partial charge in [-0.3, -0.25) is 0 Å². The normalized spacial score (nSPS) is 35.0. The molecule has 2 aliphatic rings. The van der Waals surface area contributed by atoms with Crippen molar-refractivity contribution >= 4 is 0 Å². The molecule has 0 spiro atoms. The Morgan fingerprint density at radius 3 is 2.20 bits per heavy atom. The summed E-state index contributed by atoms with van der Waals surface area (Å²) >= 11 is 0. The van der Waals surface area contributed by atoms with Crippen molar-refractivity contribution < 1.29 is 0 Å². The molecule has 2 unspecified atom stereocenters. The van der Waals surface area contributed by atoms with Gasteiger partial charge in [-0.15, -0.1) is 0 Å². The van der Waals surface area contributed by atoms with Crippen LogP contribution in [0.2, 0.25) is 0 Å². The monoisotopic (exact) mass is 210 g/mol. The van der Waals surface area contributed by atoms with Gasteiger partial charge in [0, 0.05) is 6.04 Å². The first-order valence-electron chi connectivity index (χ1n) is 6.86. The standard InChI is InChI=1S/C13H26N2/c14-11-12-7-6-8-13(12)15-9-4-2-1-3-5-10-15/h12-13H,1-11,14H2. The minimum absolute atomic E-state index is 0.796. The van der Waals surface area contributed by atoms with E-state index in [0.29, 0.717) is 0 Å². The van der Waals surface area contributed by atoms with Crippen LogP contribution in [0, 0.1) is 5.92 Å². The van der Waals surface area contributed by atoms with Crippen LogP contribution in [0.1, 0.15) is 51.4 Å². The summed E-state index contributed by atoms with van der Waals surface area (Å²) in [6.45, 7) is 3.57. The third kappa shape index (κ3) is 2.94. The van der Waals surface area contributed by atoms with Crippen molar-refractivity contribution in [1.29, 1.82) is 0 Å². The van der Waals surface area contributed by atoms with Crippen molar-refractivity contribution in [3.8, 4) is 0 Å². The molecule has 0 bridgehead atoms. The van der Waals surface area contributed by atoms with E-state index in [1.807, 2.05) is 0 Å². The van der Waals surface area contributed by atoms with E-state index in [0.717, 1.165) is 18.5 Å². The van der Waals surface area contributed by atoms with Gasteiger partial charge in [0.2, 0.25) is 0 Å². The van der Waals surface area contributed by atoms with Gasteiger partial charge in [0.15, 0.2) is 0 Å². The first-order chi connectivity index (χ1) is 7.42. The highest BCUT2D eigenvalue weighted by molar-refractivity contribution is 4.86. The maximum absolute atomic E-state index is 5.87. The fraction of sp³-hybridized carbons (Fsp3) is 1.00. The zero-order valence-corrected chi connectivity index (χ0v) is 9.96. The lowest BCUT2D eigenvalue weighted by Crippen LogP contribution is -2.41. The second kappa shape index (κ2) is 5.86. The van der Waals surface area contributed by atoms with Crippen LogP contribution in [-0.2, 0) is 0 Å². The predicted molar refractivity (Wildman–Crippen MR) is 64.8 cm³/mol. The van der Waals surface area contributed by atoms with Gasteiger partial charge >= 0.3 is 0 Å². The van der Waals surface area contributed by atoms with Crippen LogP contribution in [0.15, 0.2) is 0 Å². The van der Waals surface area contributed by atoms with E-state index in [-0.39, 0.29) is 0 Å². The molecule has 88 valence electrons. The van der Waals surface area contributed by atoms with E-state index in [9.17, 15) is 0 Å². The van der Waals surface area contributed by atoms with Gasteiger partial charge in [-0.25, -0.2) is 0 Å². The Balaban J connectivity index is 1.88. The Kier molecular flexibility index (Phi) is 4.45. The zero-order valence-electron chi connectivity index (χ0n) is 9.96. The Morgan fingerprint density at radius 1 is 0.867 bits per heavy atom. The summed E-state index contributed by atoms with van der Waals surface area (Å²) in [6, 6.07) is 0.827. The van der Waals surface area contributed by atoms with E-state index in [1.165, 1.54) is 64.5 Å². The summed E-state index contributed by atoms with van der Waals surface area (Å²) in [5, 5.41) is 0. The van der Waals surface area contributed by atoms with E-state index >= 15 is 0 Å². The lowest BCUT2D eigenvalue weighted by Gasteiger charge is -2.33. The quantitative estimate of drug-likeness (QED) is 0.758. The van der Waals surface area contributed by atoms with Gasteiger partial charge in [-0.05, 0) is 51.2 Å². The largest absolute Gasteiger partial charge is 0.330 e. The molecule has 2 rings (SSSR count). The predicted octanol–water partition coefficient (Wildman–Crippen LogP) is 2.38. The van der Waals surface area contributed by atoms with Crippen molar-refractivity contribution in [2.75, 3.05) is 19.6 Å². The molecule has 1 aliphatic heterocycles. The SMILES string of the molecule is NCC1CCCC1N1CCCCCCC1. The number of nitrogens with two attached hydrogens (primary N) is 1. The lowest BCUT2D eigenvalue weighted by atomic mass is 10.00. The number of likely N-dealkylation sites (tertiary alicyclic amines) is 1. The highest BCUT2D eigenvalue weighted by Gasteiger charge is 2.30. The van der Waals surface area contributed by atoms with Gasteiger partial charge in [0.1, 0.15) is 0 Å². The summed E-state index contributed by atoms with van der Waals surface area (Å²) in [5.41, 5.74) is 5.87.